The van der Waals surface area contributed by atoms with Gasteiger partial charge in [0.05, 0.1) is 105 Å². The van der Waals surface area contributed by atoms with E-state index in [9.17, 15) is 37.6 Å². The molecule has 23 heteroatoms. The van der Waals surface area contributed by atoms with Gasteiger partial charge in [-0.3, -0.25) is 24.1 Å². The van der Waals surface area contributed by atoms with Gasteiger partial charge in [0.2, 0.25) is 11.8 Å². The molecule has 1 aromatic heterocycles. The second kappa shape index (κ2) is 28.5. The first-order valence-corrected chi connectivity index (χ1v) is 28.7. The number of likely N-dealkylation sites (tertiary alicyclic amines) is 1. The molecule has 4 amide bonds. The molecule has 0 spiro atoms. The van der Waals surface area contributed by atoms with Gasteiger partial charge in [-0.15, -0.1) is 11.3 Å². The van der Waals surface area contributed by atoms with E-state index in [-0.39, 0.29) is 54.2 Å². The summed E-state index contributed by atoms with van der Waals surface area (Å²) in [7, 11) is 0. The molecule has 1 unspecified atom stereocenters. The summed E-state index contributed by atoms with van der Waals surface area (Å²) in [6, 6.07) is 23.3. The number of nitriles is 1. The van der Waals surface area contributed by atoms with Gasteiger partial charge in [0.25, 0.3) is 11.8 Å². The van der Waals surface area contributed by atoms with Crippen molar-refractivity contribution in [3.8, 4) is 28.0 Å². The van der Waals surface area contributed by atoms with Crippen molar-refractivity contribution in [2.24, 2.45) is 5.92 Å². The minimum Gasteiger partial charge on any atom is -0.491 e. The molecule has 0 saturated carbocycles. The van der Waals surface area contributed by atoms with Gasteiger partial charge >= 0.3 is 6.18 Å². The highest BCUT2D eigenvalue weighted by Gasteiger charge is 2.51. The lowest BCUT2D eigenvalue weighted by Crippen LogP contribution is -2.55. The van der Waals surface area contributed by atoms with Crippen LogP contribution in [0.25, 0.3) is 10.4 Å². The molecule has 442 valence electrons. The fraction of sp³-hybridized carbons (Fsp3) is 0.450. The predicted molar refractivity (Wildman–Crippen MR) is 308 cm³/mol. The standard InChI is InChI=1S/C60H68F3N7O11S2/c1-39(2)52(68-37-44-9-6-7-10-48(44)55(68)72)56(73)67-20-8-11-50(67)54(71)65-36-43-13-12-41(53-40(3)66-38-83-53)33-51(43)81-32-30-79-28-26-77-24-22-75-21-23-76-25-27-78-29-31-80-47-18-16-45(17-19-47)70-58(82)69(57(74)59(70,4)5)46-15-14-42(35-64)49(34-46)60(61,62)63/h6-7,9-10,12-19,33-34,38-39,50,52H,8,11,20-32,36-37H2,1-5H3,(H,65,71)/t50-,52?/m0/s1. The van der Waals surface area contributed by atoms with Crippen LogP contribution in [0.4, 0.5) is 24.5 Å². The smallest absolute Gasteiger partial charge is 0.417 e. The lowest BCUT2D eigenvalue weighted by Gasteiger charge is -2.35. The Kier molecular flexibility index (Phi) is 21.3. The Balaban J connectivity index is 0.670. The third-order valence-electron chi connectivity index (χ3n) is 14.4. The number of carbonyl (C=O) groups excluding carboxylic acids is 4. The van der Waals surface area contributed by atoms with Crippen LogP contribution in [-0.2, 0) is 57.3 Å². The Labute approximate surface area is 490 Å². The molecular weight excluding hydrogens is 1120 g/mol. The number of alkyl halides is 3. The zero-order valence-corrected chi connectivity index (χ0v) is 48.7. The van der Waals surface area contributed by atoms with Crippen LogP contribution >= 0.6 is 23.6 Å². The van der Waals surface area contributed by atoms with Crippen molar-refractivity contribution in [3.05, 3.63) is 124 Å². The van der Waals surface area contributed by atoms with Crippen molar-refractivity contribution in [3.63, 3.8) is 0 Å². The van der Waals surface area contributed by atoms with E-state index in [1.165, 1.54) is 17.4 Å². The van der Waals surface area contributed by atoms with E-state index in [0.29, 0.717) is 115 Å². The van der Waals surface area contributed by atoms with Gasteiger partial charge in [-0.1, -0.05) is 44.2 Å². The Morgan fingerprint density at radius 2 is 1.45 bits per heavy atom. The van der Waals surface area contributed by atoms with Crippen LogP contribution in [-0.4, -0.2) is 147 Å². The van der Waals surface area contributed by atoms with Crippen LogP contribution in [0, 0.1) is 24.2 Å². The van der Waals surface area contributed by atoms with Crippen LogP contribution in [0.5, 0.6) is 11.5 Å². The summed E-state index contributed by atoms with van der Waals surface area (Å²) in [6.45, 7) is 14.0. The van der Waals surface area contributed by atoms with E-state index in [0.717, 1.165) is 44.3 Å². The molecule has 3 aliphatic heterocycles. The Hall–Kier alpha value is -7.04. The molecule has 3 aliphatic rings. The second-order valence-corrected chi connectivity index (χ2v) is 21.9. The van der Waals surface area contributed by atoms with Gasteiger partial charge in [-0.25, -0.2) is 4.98 Å². The second-order valence-electron chi connectivity index (χ2n) is 20.7. The summed E-state index contributed by atoms with van der Waals surface area (Å²) in [4.78, 5) is 66.4. The fourth-order valence-electron chi connectivity index (χ4n) is 10.2. The summed E-state index contributed by atoms with van der Waals surface area (Å²) in [6.07, 6.45) is -3.59. The maximum absolute atomic E-state index is 14.2. The van der Waals surface area contributed by atoms with E-state index in [4.69, 9.17) is 45.4 Å². The molecule has 0 radical (unpaired) electrons. The average molecular weight is 1180 g/mol. The molecule has 4 heterocycles. The summed E-state index contributed by atoms with van der Waals surface area (Å²) < 4.78 is 81.5. The highest BCUT2D eigenvalue weighted by atomic mass is 32.1. The number of thiazole rings is 1. The van der Waals surface area contributed by atoms with Gasteiger partial charge in [0.1, 0.15) is 42.3 Å². The number of hydrogen-bond donors (Lipinski definition) is 1. The molecule has 83 heavy (non-hydrogen) atoms. The molecule has 1 N–H and O–H groups in total. The van der Waals surface area contributed by atoms with E-state index >= 15 is 0 Å². The SMILES string of the molecule is Cc1ncsc1-c1ccc(CNC(=O)[C@@H]2CCCN2C(=O)C(C(C)C)N2Cc3ccccc3C2=O)c(OCCOCCOCCOCCOCCOCCOc2ccc(N3C(=S)N(c4ccc(C#N)c(C(F)(F)F)c4)C(=O)C3(C)C)cc2)c1. The third-order valence-corrected chi connectivity index (χ3v) is 15.7. The molecule has 8 rings (SSSR count). The number of amides is 4. The van der Waals surface area contributed by atoms with Gasteiger partial charge in [-0.05, 0) is 117 Å². The highest BCUT2D eigenvalue weighted by molar-refractivity contribution is 7.81. The summed E-state index contributed by atoms with van der Waals surface area (Å²) in [5.41, 5.74) is 3.43. The summed E-state index contributed by atoms with van der Waals surface area (Å²) in [5.74, 6) is -0.183. The maximum Gasteiger partial charge on any atom is 0.417 e. The van der Waals surface area contributed by atoms with Crippen molar-refractivity contribution in [2.75, 3.05) is 95.6 Å². The van der Waals surface area contributed by atoms with E-state index < -0.39 is 40.8 Å². The molecule has 2 atom stereocenters. The minimum absolute atomic E-state index is 0.00610. The van der Waals surface area contributed by atoms with Crippen LogP contribution in [0.3, 0.4) is 0 Å². The van der Waals surface area contributed by atoms with Gasteiger partial charge in [-0.2, -0.15) is 18.4 Å². The lowest BCUT2D eigenvalue weighted by molar-refractivity contribution is -0.143. The van der Waals surface area contributed by atoms with Crippen LogP contribution < -0.4 is 24.6 Å². The number of hydrogen-bond acceptors (Lipinski definition) is 15. The first-order chi connectivity index (χ1) is 39.9. The Morgan fingerprint density at radius 3 is 2.04 bits per heavy atom. The van der Waals surface area contributed by atoms with Crippen molar-refractivity contribution in [1.29, 1.82) is 5.26 Å². The summed E-state index contributed by atoms with van der Waals surface area (Å²) >= 11 is 7.15. The van der Waals surface area contributed by atoms with E-state index in [1.54, 1.807) is 70.5 Å². The number of fused-ring (bicyclic) bond motifs is 1. The number of anilines is 2. The van der Waals surface area contributed by atoms with Crippen LogP contribution in [0.2, 0.25) is 0 Å². The van der Waals surface area contributed by atoms with Crippen molar-refractivity contribution < 1.29 is 65.5 Å². The van der Waals surface area contributed by atoms with Crippen molar-refractivity contribution >= 4 is 63.7 Å². The fourth-order valence-corrected chi connectivity index (χ4v) is 11.5. The zero-order chi connectivity index (χ0) is 59.3. The van der Waals surface area contributed by atoms with Crippen LogP contribution in [0.1, 0.15) is 78.8 Å². The Bertz CT molecular complexity index is 3140. The number of nitrogens with zero attached hydrogens (tertiary/aromatic N) is 6. The number of aromatic nitrogens is 1. The molecule has 2 fully saturated rings. The first-order valence-electron chi connectivity index (χ1n) is 27.5. The third kappa shape index (κ3) is 15.0. The van der Waals surface area contributed by atoms with Crippen molar-refractivity contribution in [1.82, 2.24) is 20.1 Å². The molecule has 5 aromatic rings. The highest BCUT2D eigenvalue weighted by Crippen LogP contribution is 2.40. The van der Waals surface area contributed by atoms with E-state index in [2.05, 4.69) is 10.3 Å². The predicted octanol–water partition coefficient (Wildman–Crippen LogP) is 8.75. The number of halogens is 3. The molecule has 18 nitrogen and oxygen atoms in total. The number of benzene rings is 4. The van der Waals surface area contributed by atoms with Crippen molar-refractivity contribution in [2.45, 2.75) is 84.3 Å². The van der Waals surface area contributed by atoms with Crippen LogP contribution in [0.15, 0.2) is 90.4 Å². The molecular formula is C60H68F3N7O11S2. The quantitative estimate of drug-likeness (QED) is 0.0352. The molecule has 0 bridgehead atoms. The largest absolute Gasteiger partial charge is 0.491 e. The first kappa shape index (κ1) is 62.0. The number of thiocarbonyl (C=S) groups is 1. The summed E-state index contributed by atoms with van der Waals surface area (Å²) in [5, 5.41) is 12.3. The molecule has 4 aromatic carbocycles. The topological polar surface area (TPSA) is 195 Å². The number of ether oxygens (including phenoxy) is 7. The maximum atomic E-state index is 14.2. The number of carbonyl (C=O) groups is 4. The normalized spacial score (nSPS) is 16.2. The van der Waals surface area contributed by atoms with Gasteiger partial charge < -0.3 is 53.2 Å². The van der Waals surface area contributed by atoms with Gasteiger partial charge in [0.15, 0.2) is 5.11 Å². The molecule has 0 aliphatic carbocycles. The van der Waals surface area contributed by atoms with E-state index in [1.807, 2.05) is 57.2 Å². The lowest BCUT2D eigenvalue weighted by atomic mass is 10.0. The Morgan fingerprint density at radius 1 is 0.831 bits per heavy atom. The number of rotatable bonds is 29. The molecule has 2 saturated heterocycles. The minimum atomic E-state index is -4.80. The zero-order valence-electron chi connectivity index (χ0n) is 47.0. The monoisotopic (exact) mass is 1180 g/mol. The van der Waals surface area contributed by atoms with Gasteiger partial charge in [0, 0.05) is 36.4 Å². The number of aryl methyl sites for hydroxylation is 1. The number of nitrogens with one attached hydrogen (secondary N) is 1. The average Bonchev–Trinajstić information content (AvgIpc) is 2.55.